The first-order valence-corrected chi connectivity index (χ1v) is 21.5. The second-order valence-electron chi connectivity index (χ2n) is 15.4. The molecule has 8 rings (SSSR count). The van der Waals surface area contributed by atoms with Crippen molar-refractivity contribution in [3.05, 3.63) is 233 Å². The Balaban J connectivity index is 1.08. The predicted molar refractivity (Wildman–Crippen MR) is 253 cm³/mol. The van der Waals surface area contributed by atoms with Crippen LogP contribution in [0.1, 0.15) is 75.5 Å². The van der Waals surface area contributed by atoms with Gasteiger partial charge >= 0.3 is 0 Å². The van der Waals surface area contributed by atoms with Crippen LogP contribution in [-0.4, -0.2) is 11.6 Å². The number of ketones is 2. The number of halogens is 2. The van der Waals surface area contributed by atoms with Crippen molar-refractivity contribution in [1.29, 1.82) is 0 Å². The zero-order valence-corrected chi connectivity index (χ0v) is 36.2. The molecular formula is C56H44Cl2O4. The van der Waals surface area contributed by atoms with Crippen molar-refractivity contribution >= 4 is 34.8 Å². The first kappa shape index (κ1) is 42.0. The van der Waals surface area contributed by atoms with Crippen LogP contribution in [0.25, 0.3) is 33.4 Å². The molecule has 6 heteroatoms. The van der Waals surface area contributed by atoms with Gasteiger partial charge in [0.2, 0.25) is 0 Å². The van der Waals surface area contributed by atoms with Gasteiger partial charge in [-0.15, -0.1) is 11.6 Å². The summed E-state index contributed by atoms with van der Waals surface area (Å²) in [7, 11) is 0. The van der Waals surface area contributed by atoms with Crippen LogP contribution in [-0.2, 0) is 5.60 Å². The van der Waals surface area contributed by atoms with E-state index < -0.39 is 5.60 Å². The molecule has 0 saturated heterocycles. The summed E-state index contributed by atoms with van der Waals surface area (Å²) in [4.78, 5) is 26.5. The van der Waals surface area contributed by atoms with Gasteiger partial charge in [0.05, 0.1) is 5.38 Å². The van der Waals surface area contributed by atoms with Gasteiger partial charge in [0.1, 0.15) is 22.8 Å². The van der Waals surface area contributed by atoms with E-state index in [1.165, 1.54) is 0 Å². The van der Waals surface area contributed by atoms with Crippen molar-refractivity contribution < 1.29 is 19.1 Å². The van der Waals surface area contributed by atoms with E-state index >= 15 is 0 Å². The van der Waals surface area contributed by atoms with Crippen LogP contribution in [0.3, 0.4) is 0 Å². The second kappa shape index (κ2) is 18.5. The highest BCUT2D eigenvalue weighted by molar-refractivity contribution is 6.30. The van der Waals surface area contributed by atoms with E-state index in [0.717, 1.165) is 50.3 Å². The van der Waals surface area contributed by atoms with Crippen molar-refractivity contribution in [2.45, 2.75) is 38.2 Å². The van der Waals surface area contributed by atoms with Crippen molar-refractivity contribution in [1.82, 2.24) is 0 Å². The van der Waals surface area contributed by atoms with Crippen LogP contribution < -0.4 is 9.47 Å². The molecule has 0 saturated carbocycles. The molecule has 0 aliphatic heterocycles. The SMILES string of the molecule is CCC(C)(Oc1ccc(-c2ccc(Oc3ccc(C(=O)c4ccc(C(C)Cl)cc4)cc3)c(-c3ccccc3)c2)cc1-c1ccccc1)c1ccc(C(=O)c2ccc(Cl)cc2)cc1. The number of rotatable bonds is 14. The third kappa shape index (κ3) is 9.28. The lowest BCUT2D eigenvalue weighted by molar-refractivity contribution is 0.0832. The largest absolute Gasteiger partial charge is 0.482 e. The third-order valence-electron chi connectivity index (χ3n) is 11.3. The first-order valence-electron chi connectivity index (χ1n) is 20.6. The Morgan fingerprint density at radius 2 is 0.968 bits per heavy atom. The Labute approximate surface area is 373 Å². The lowest BCUT2D eigenvalue weighted by Gasteiger charge is -2.31. The summed E-state index contributed by atoms with van der Waals surface area (Å²) in [6.45, 7) is 6.10. The van der Waals surface area contributed by atoms with Gasteiger partial charge in [0.25, 0.3) is 0 Å². The van der Waals surface area contributed by atoms with Gasteiger partial charge in [-0.1, -0.05) is 140 Å². The molecule has 2 unspecified atom stereocenters. The molecule has 0 heterocycles. The zero-order chi connectivity index (χ0) is 43.2. The van der Waals surface area contributed by atoms with Crippen LogP contribution >= 0.6 is 23.2 Å². The number of hydrogen-bond donors (Lipinski definition) is 0. The molecule has 62 heavy (non-hydrogen) atoms. The van der Waals surface area contributed by atoms with Crippen molar-refractivity contribution in [2.24, 2.45) is 0 Å². The topological polar surface area (TPSA) is 52.6 Å². The summed E-state index contributed by atoms with van der Waals surface area (Å²) in [5, 5.41) is 0.463. The molecule has 0 amide bonds. The normalized spacial score (nSPS) is 12.5. The lowest BCUT2D eigenvalue weighted by atomic mass is 9.90. The highest BCUT2D eigenvalue weighted by Gasteiger charge is 2.29. The summed E-state index contributed by atoms with van der Waals surface area (Å²) in [6, 6.07) is 62.3. The van der Waals surface area contributed by atoms with Gasteiger partial charge in [-0.3, -0.25) is 9.59 Å². The Kier molecular flexibility index (Phi) is 12.5. The maximum absolute atomic E-state index is 13.3. The number of carbonyl (C=O) groups is 2. The van der Waals surface area contributed by atoms with Crippen LogP contribution in [0.15, 0.2) is 194 Å². The Morgan fingerprint density at radius 3 is 1.45 bits per heavy atom. The van der Waals surface area contributed by atoms with Gasteiger partial charge in [-0.05, 0) is 126 Å². The molecule has 0 N–H and O–H groups in total. The fourth-order valence-corrected chi connectivity index (χ4v) is 7.74. The second-order valence-corrected chi connectivity index (χ2v) is 16.5. The third-order valence-corrected chi connectivity index (χ3v) is 11.8. The van der Waals surface area contributed by atoms with Gasteiger partial charge in [-0.25, -0.2) is 0 Å². The predicted octanol–water partition coefficient (Wildman–Crippen LogP) is 15.6. The summed E-state index contributed by atoms with van der Waals surface area (Å²) >= 11 is 12.3. The van der Waals surface area contributed by atoms with E-state index in [1.807, 2.05) is 116 Å². The molecule has 2 atom stereocenters. The first-order chi connectivity index (χ1) is 30.1. The molecule has 0 aromatic heterocycles. The summed E-state index contributed by atoms with van der Waals surface area (Å²) < 4.78 is 13.5. The fraction of sp³-hybridized carbons (Fsp3) is 0.107. The molecule has 0 spiro atoms. The van der Waals surface area contributed by atoms with E-state index in [9.17, 15) is 9.59 Å². The molecular weight excluding hydrogens is 808 g/mol. The van der Waals surface area contributed by atoms with E-state index in [0.29, 0.717) is 45.2 Å². The maximum Gasteiger partial charge on any atom is 0.193 e. The number of benzene rings is 8. The Hall–Kier alpha value is -6.72. The molecule has 0 aliphatic rings. The molecule has 0 aliphatic carbocycles. The Morgan fingerprint density at radius 1 is 0.532 bits per heavy atom. The average molecular weight is 852 g/mol. The molecule has 0 fully saturated rings. The summed E-state index contributed by atoms with van der Waals surface area (Å²) in [5.74, 6) is 1.92. The summed E-state index contributed by atoms with van der Waals surface area (Å²) in [5.41, 5.74) is 9.54. The van der Waals surface area contributed by atoms with Crippen LogP contribution in [0.4, 0.5) is 0 Å². The van der Waals surface area contributed by atoms with Gasteiger partial charge in [-0.2, -0.15) is 0 Å². The van der Waals surface area contributed by atoms with Crippen LogP contribution in [0, 0.1) is 0 Å². The lowest BCUT2D eigenvalue weighted by Crippen LogP contribution is -2.29. The van der Waals surface area contributed by atoms with E-state index in [4.69, 9.17) is 32.7 Å². The molecule has 0 radical (unpaired) electrons. The van der Waals surface area contributed by atoms with Crippen LogP contribution in [0.2, 0.25) is 5.02 Å². The smallest absolute Gasteiger partial charge is 0.193 e. The van der Waals surface area contributed by atoms with Crippen molar-refractivity contribution in [3.63, 3.8) is 0 Å². The van der Waals surface area contributed by atoms with E-state index in [2.05, 4.69) is 62.4 Å². The fourth-order valence-electron chi connectivity index (χ4n) is 7.47. The number of ether oxygens (including phenoxy) is 2. The molecule has 306 valence electrons. The minimum absolute atomic E-state index is 0.0628. The highest BCUT2D eigenvalue weighted by Crippen LogP contribution is 2.42. The van der Waals surface area contributed by atoms with Crippen molar-refractivity contribution in [2.75, 3.05) is 0 Å². The van der Waals surface area contributed by atoms with Gasteiger partial charge in [0, 0.05) is 38.4 Å². The zero-order valence-electron chi connectivity index (χ0n) is 34.6. The Bertz CT molecular complexity index is 2820. The molecule has 4 nitrogen and oxygen atoms in total. The minimum Gasteiger partial charge on any atom is -0.482 e. The average Bonchev–Trinajstić information content (AvgIpc) is 3.32. The van der Waals surface area contributed by atoms with Crippen LogP contribution in [0.5, 0.6) is 17.2 Å². The maximum atomic E-state index is 13.3. The van der Waals surface area contributed by atoms with Crippen molar-refractivity contribution in [3.8, 4) is 50.6 Å². The quantitative estimate of drug-likeness (QED) is 0.0808. The number of carbonyl (C=O) groups excluding carboxylic acids is 2. The number of hydrogen-bond acceptors (Lipinski definition) is 4. The molecule has 8 aromatic rings. The standard InChI is InChI=1S/C56H44Cl2O4/c1-4-56(3,47-27-19-42(20-28-47)55(60)43-21-29-48(58)30-22-43)62-53-34-26-46(36-51(53)40-13-9-6-10-14-40)45-25-33-52(50(35-45)39-11-7-5-8-12-39)61-49-31-23-44(24-32-49)54(59)41-17-15-38(16-18-41)37(2)57/h5-37H,4H2,1-3H3. The minimum atomic E-state index is -0.688. The number of alkyl halides is 1. The summed E-state index contributed by atoms with van der Waals surface area (Å²) in [6.07, 6.45) is 0.691. The molecule has 0 bridgehead atoms. The van der Waals surface area contributed by atoms with Gasteiger partial charge < -0.3 is 9.47 Å². The van der Waals surface area contributed by atoms with E-state index in [-0.39, 0.29) is 16.9 Å². The monoisotopic (exact) mass is 850 g/mol. The molecule has 8 aromatic carbocycles. The van der Waals surface area contributed by atoms with E-state index in [1.54, 1.807) is 36.4 Å². The van der Waals surface area contributed by atoms with Gasteiger partial charge in [0.15, 0.2) is 11.6 Å². The highest BCUT2D eigenvalue weighted by atomic mass is 35.5.